The number of rotatable bonds is 7. The fraction of sp³-hybridized carbons (Fsp3) is 0.167. The van der Waals surface area contributed by atoms with Gasteiger partial charge in [-0.1, -0.05) is 66.7 Å². The lowest BCUT2D eigenvalue weighted by molar-refractivity contribution is -0.145. The van der Waals surface area contributed by atoms with Crippen LogP contribution >= 0.6 is 0 Å². The maximum atomic E-state index is 13.0. The van der Waals surface area contributed by atoms with Gasteiger partial charge in [0.1, 0.15) is 11.9 Å². The summed E-state index contributed by atoms with van der Waals surface area (Å²) in [5.74, 6) is -1.20. The number of ether oxygens (including phenoxy) is 1. The molecule has 1 N–H and O–H groups in total. The van der Waals surface area contributed by atoms with Gasteiger partial charge in [-0.2, -0.15) is 0 Å². The van der Waals surface area contributed by atoms with E-state index < -0.39 is 12.0 Å². The average molecular weight is 391 g/mol. The molecular formula is C24H22FNO3. The molecule has 1 amide bonds. The molecule has 0 radical (unpaired) electrons. The van der Waals surface area contributed by atoms with Crippen LogP contribution in [0.5, 0.6) is 0 Å². The quantitative estimate of drug-likeness (QED) is 0.621. The van der Waals surface area contributed by atoms with E-state index in [4.69, 9.17) is 4.74 Å². The van der Waals surface area contributed by atoms with Crippen LogP contribution in [0.25, 0.3) is 11.1 Å². The second-order valence-electron chi connectivity index (χ2n) is 6.71. The summed E-state index contributed by atoms with van der Waals surface area (Å²) in [4.78, 5) is 24.5. The minimum atomic E-state index is -0.796. The van der Waals surface area contributed by atoms with E-state index in [9.17, 15) is 14.0 Å². The zero-order valence-corrected chi connectivity index (χ0v) is 16.1. The lowest BCUT2D eigenvalue weighted by atomic mass is 10.0. The third kappa shape index (κ3) is 5.75. The van der Waals surface area contributed by atoms with Crippen molar-refractivity contribution in [1.82, 2.24) is 5.32 Å². The number of carbonyl (C=O) groups excluding carboxylic acids is 2. The first-order valence-corrected chi connectivity index (χ1v) is 9.31. The highest BCUT2D eigenvalue weighted by Crippen LogP contribution is 2.20. The molecule has 3 rings (SSSR count). The van der Waals surface area contributed by atoms with Crippen molar-refractivity contribution in [2.45, 2.75) is 18.9 Å². The summed E-state index contributed by atoms with van der Waals surface area (Å²) in [5, 5.41) is 2.72. The van der Waals surface area contributed by atoms with E-state index in [-0.39, 0.29) is 18.1 Å². The molecule has 0 aliphatic rings. The summed E-state index contributed by atoms with van der Waals surface area (Å²) in [6.45, 7) is 0. The van der Waals surface area contributed by atoms with Crippen LogP contribution in [0.3, 0.4) is 0 Å². The van der Waals surface area contributed by atoms with Gasteiger partial charge >= 0.3 is 5.97 Å². The molecule has 0 aliphatic carbocycles. The Hall–Kier alpha value is -3.47. The Bertz CT molecular complexity index is 954. The molecule has 0 saturated heterocycles. The first-order chi connectivity index (χ1) is 14.0. The van der Waals surface area contributed by atoms with Crippen molar-refractivity contribution in [3.63, 3.8) is 0 Å². The Morgan fingerprint density at radius 2 is 1.45 bits per heavy atom. The number of hydrogen-bond acceptors (Lipinski definition) is 3. The smallest absolute Gasteiger partial charge is 0.328 e. The van der Waals surface area contributed by atoms with Gasteiger partial charge in [0.25, 0.3) is 0 Å². The number of benzene rings is 3. The van der Waals surface area contributed by atoms with Crippen LogP contribution in [0, 0.1) is 5.82 Å². The van der Waals surface area contributed by atoms with Crippen molar-refractivity contribution in [1.29, 1.82) is 0 Å². The molecule has 1 atom stereocenters. The Balaban J connectivity index is 1.66. The standard InChI is InChI=1S/C24H22FNO3/c1-29-24(28)22(26-23(27)16-18-9-13-21(25)14-10-18)15-17-7-11-20(12-8-17)19-5-3-2-4-6-19/h2-14,22H,15-16H2,1H3,(H,26,27)/t22-/m0/s1. The first-order valence-electron chi connectivity index (χ1n) is 9.31. The predicted octanol–water partition coefficient (Wildman–Crippen LogP) is 3.94. The molecule has 5 heteroatoms. The third-order valence-electron chi connectivity index (χ3n) is 4.60. The third-order valence-corrected chi connectivity index (χ3v) is 4.60. The van der Waals surface area contributed by atoms with Gasteiger partial charge in [-0.05, 0) is 34.4 Å². The Labute approximate surface area is 169 Å². The first kappa shape index (κ1) is 20.3. The van der Waals surface area contributed by atoms with Gasteiger partial charge in [0.15, 0.2) is 0 Å². The highest BCUT2D eigenvalue weighted by Gasteiger charge is 2.22. The van der Waals surface area contributed by atoms with Gasteiger partial charge in [0.05, 0.1) is 13.5 Å². The SMILES string of the molecule is COC(=O)[C@H](Cc1ccc(-c2ccccc2)cc1)NC(=O)Cc1ccc(F)cc1. The molecule has 0 bridgehead atoms. The van der Waals surface area contributed by atoms with Crippen LogP contribution in [0.4, 0.5) is 4.39 Å². The fourth-order valence-corrected chi connectivity index (χ4v) is 3.07. The Morgan fingerprint density at radius 3 is 2.07 bits per heavy atom. The molecule has 0 unspecified atom stereocenters. The molecule has 0 spiro atoms. The van der Waals surface area contributed by atoms with Gasteiger partial charge in [0.2, 0.25) is 5.91 Å². The maximum absolute atomic E-state index is 13.0. The van der Waals surface area contributed by atoms with Gasteiger partial charge in [-0.15, -0.1) is 0 Å². The second kappa shape index (κ2) is 9.64. The van der Waals surface area contributed by atoms with Crippen molar-refractivity contribution in [3.05, 3.63) is 95.8 Å². The van der Waals surface area contributed by atoms with E-state index in [2.05, 4.69) is 5.32 Å². The molecule has 3 aromatic carbocycles. The van der Waals surface area contributed by atoms with E-state index >= 15 is 0 Å². The van der Waals surface area contributed by atoms with Crippen molar-refractivity contribution in [2.24, 2.45) is 0 Å². The number of halogens is 1. The maximum Gasteiger partial charge on any atom is 0.328 e. The highest BCUT2D eigenvalue weighted by atomic mass is 19.1. The normalized spacial score (nSPS) is 11.5. The molecule has 0 saturated carbocycles. The summed E-state index contributed by atoms with van der Waals surface area (Å²) < 4.78 is 17.8. The van der Waals surface area contributed by atoms with Crippen LogP contribution in [0.1, 0.15) is 11.1 Å². The highest BCUT2D eigenvalue weighted by molar-refractivity contribution is 5.85. The largest absolute Gasteiger partial charge is 0.467 e. The van der Waals surface area contributed by atoms with E-state index in [1.165, 1.54) is 19.2 Å². The van der Waals surface area contributed by atoms with E-state index in [1.54, 1.807) is 12.1 Å². The van der Waals surface area contributed by atoms with Crippen LogP contribution in [0.2, 0.25) is 0 Å². The number of esters is 1. The van der Waals surface area contributed by atoms with Crippen LogP contribution in [-0.2, 0) is 27.2 Å². The van der Waals surface area contributed by atoms with Crippen molar-refractivity contribution < 1.29 is 18.7 Å². The molecule has 29 heavy (non-hydrogen) atoms. The average Bonchev–Trinajstić information content (AvgIpc) is 2.75. The summed E-state index contributed by atoms with van der Waals surface area (Å²) in [5.41, 5.74) is 3.75. The zero-order chi connectivity index (χ0) is 20.6. The lowest BCUT2D eigenvalue weighted by Crippen LogP contribution is -2.43. The summed E-state index contributed by atoms with van der Waals surface area (Å²) in [6.07, 6.45) is 0.373. The number of nitrogens with one attached hydrogen (secondary N) is 1. The Morgan fingerprint density at radius 1 is 0.862 bits per heavy atom. The summed E-state index contributed by atoms with van der Waals surface area (Å²) in [6, 6.07) is 22.7. The molecular weight excluding hydrogens is 369 g/mol. The Kier molecular flexibility index (Phi) is 6.74. The second-order valence-corrected chi connectivity index (χ2v) is 6.71. The number of amides is 1. The number of hydrogen-bond donors (Lipinski definition) is 1. The summed E-state index contributed by atoms with van der Waals surface area (Å²) >= 11 is 0. The minimum Gasteiger partial charge on any atom is -0.467 e. The van der Waals surface area contributed by atoms with Crippen molar-refractivity contribution in [3.8, 4) is 11.1 Å². The minimum absolute atomic E-state index is 0.0563. The molecule has 0 heterocycles. The van der Waals surface area contributed by atoms with Gasteiger partial charge < -0.3 is 10.1 Å². The van der Waals surface area contributed by atoms with Gasteiger partial charge in [0, 0.05) is 6.42 Å². The number of carbonyl (C=O) groups is 2. The van der Waals surface area contributed by atoms with E-state index in [1.807, 2.05) is 54.6 Å². The molecule has 0 aliphatic heterocycles. The predicted molar refractivity (Wildman–Crippen MR) is 110 cm³/mol. The van der Waals surface area contributed by atoms with E-state index in [0.29, 0.717) is 12.0 Å². The van der Waals surface area contributed by atoms with Crippen molar-refractivity contribution in [2.75, 3.05) is 7.11 Å². The zero-order valence-electron chi connectivity index (χ0n) is 16.1. The van der Waals surface area contributed by atoms with Crippen LogP contribution in [-0.4, -0.2) is 25.0 Å². The topological polar surface area (TPSA) is 55.4 Å². The lowest BCUT2D eigenvalue weighted by Gasteiger charge is -2.17. The van der Waals surface area contributed by atoms with Gasteiger partial charge in [-0.25, -0.2) is 9.18 Å². The molecule has 4 nitrogen and oxygen atoms in total. The molecule has 3 aromatic rings. The fourth-order valence-electron chi connectivity index (χ4n) is 3.07. The number of methoxy groups -OCH3 is 1. The molecule has 0 aromatic heterocycles. The monoisotopic (exact) mass is 391 g/mol. The summed E-state index contributed by atoms with van der Waals surface area (Å²) in [7, 11) is 1.29. The van der Waals surface area contributed by atoms with Crippen LogP contribution in [0.15, 0.2) is 78.9 Å². The van der Waals surface area contributed by atoms with Crippen LogP contribution < -0.4 is 5.32 Å². The molecule has 0 fully saturated rings. The van der Waals surface area contributed by atoms with E-state index in [0.717, 1.165) is 16.7 Å². The molecule has 148 valence electrons. The van der Waals surface area contributed by atoms with Crippen molar-refractivity contribution >= 4 is 11.9 Å². The van der Waals surface area contributed by atoms with Gasteiger partial charge in [-0.3, -0.25) is 4.79 Å².